The highest BCUT2D eigenvalue weighted by atomic mass is 35.5. The zero-order valence-corrected chi connectivity index (χ0v) is 11.0. The standard InChI is InChI=1S/C14H20ClNO/c1-10-2-5-13(6-3-10)17-9-11-8-12(15)4-7-14(11)16/h4,7-8,10,13H,2-3,5-6,9,16H2,1H3. The van der Waals surface area contributed by atoms with Crippen molar-refractivity contribution in [3.63, 3.8) is 0 Å². The highest BCUT2D eigenvalue weighted by Gasteiger charge is 2.18. The number of nitrogens with two attached hydrogens (primary N) is 1. The van der Waals surface area contributed by atoms with Crippen LogP contribution in [0.25, 0.3) is 0 Å². The number of anilines is 1. The van der Waals surface area contributed by atoms with Gasteiger partial charge in [-0.25, -0.2) is 0 Å². The van der Waals surface area contributed by atoms with Crippen LogP contribution in [0.4, 0.5) is 5.69 Å². The van der Waals surface area contributed by atoms with Gasteiger partial charge in [0.1, 0.15) is 0 Å². The van der Waals surface area contributed by atoms with Gasteiger partial charge in [-0.1, -0.05) is 18.5 Å². The van der Waals surface area contributed by atoms with Gasteiger partial charge in [0.2, 0.25) is 0 Å². The molecule has 3 heteroatoms. The summed E-state index contributed by atoms with van der Waals surface area (Å²) in [5.41, 5.74) is 7.65. The van der Waals surface area contributed by atoms with Crippen molar-refractivity contribution < 1.29 is 4.74 Å². The van der Waals surface area contributed by atoms with E-state index in [1.54, 1.807) is 0 Å². The zero-order valence-electron chi connectivity index (χ0n) is 10.3. The lowest BCUT2D eigenvalue weighted by Crippen LogP contribution is -2.20. The van der Waals surface area contributed by atoms with Crippen LogP contribution in [0.1, 0.15) is 38.2 Å². The SMILES string of the molecule is CC1CCC(OCc2cc(Cl)ccc2N)CC1. The predicted octanol–water partition coefficient (Wildman–Crippen LogP) is 4.02. The van der Waals surface area contributed by atoms with E-state index < -0.39 is 0 Å². The van der Waals surface area contributed by atoms with Crippen molar-refractivity contribution in [2.75, 3.05) is 5.73 Å². The average molecular weight is 254 g/mol. The molecule has 1 saturated carbocycles. The summed E-state index contributed by atoms with van der Waals surface area (Å²) in [5.74, 6) is 0.853. The molecule has 1 fully saturated rings. The molecule has 0 radical (unpaired) electrons. The number of rotatable bonds is 3. The fraction of sp³-hybridized carbons (Fsp3) is 0.571. The van der Waals surface area contributed by atoms with E-state index in [-0.39, 0.29) is 0 Å². The average Bonchev–Trinajstić information content (AvgIpc) is 2.32. The summed E-state index contributed by atoms with van der Waals surface area (Å²) in [6.45, 7) is 2.89. The van der Waals surface area contributed by atoms with Gasteiger partial charge in [0.05, 0.1) is 12.7 Å². The summed E-state index contributed by atoms with van der Waals surface area (Å²) in [4.78, 5) is 0. The largest absolute Gasteiger partial charge is 0.398 e. The summed E-state index contributed by atoms with van der Waals surface area (Å²) >= 11 is 5.95. The van der Waals surface area contributed by atoms with Crippen molar-refractivity contribution in [1.82, 2.24) is 0 Å². The van der Waals surface area contributed by atoms with E-state index in [9.17, 15) is 0 Å². The predicted molar refractivity (Wildman–Crippen MR) is 72.1 cm³/mol. The Morgan fingerprint density at radius 3 is 2.71 bits per heavy atom. The Morgan fingerprint density at radius 2 is 2.00 bits per heavy atom. The molecule has 0 atom stereocenters. The van der Waals surface area contributed by atoms with Crippen LogP contribution in [0.5, 0.6) is 0 Å². The van der Waals surface area contributed by atoms with Gasteiger partial charge >= 0.3 is 0 Å². The molecule has 2 N–H and O–H groups in total. The Hall–Kier alpha value is -0.730. The third-order valence-corrected chi connectivity index (χ3v) is 3.78. The number of hydrogen-bond acceptors (Lipinski definition) is 2. The summed E-state index contributed by atoms with van der Waals surface area (Å²) in [6.07, 6.45) is 5.28. The van der Waals surface area contributed by atoms with Crippen molar-refractivity contribution in [3.05, 3.63) is 28.8 Å². The Balaban J connectivity index is 1.87. The van der Waals surface area contributed by atoms with Gasteiger partial charge in [0, 0.05) is 16.3 Å². The van der Waals surface area contributed by atoms with Crippen molar-refractivity contribution in [2.24, 2.45) is 5.92 Å². The second-order valence-corrected chi connectivity index (χ2v) is 5.47. The Bertz CT molecular complexity index is 372. The first-order valence-electron chi connectivity index (χ1n) is 6.30. The van der Waals surface area contributed by atoms with Crippen molar-refractivity contribution in [1.29, 1.82) is 0 Å². The summed E-state index contributed by atoms with van der Waals surface area (Å²) in [6, 6.07) is 5.54. The first-order chi connectivity index (χ1) is 8.15. The van der Waals surface area contributed by atoms with Crippen molar-refractivity contribution >= 4 is 17.3 Å². The molecule has 0 heterocycles. The van der Waals surface area contributed by atoms with E-state index in [0.29, 0.717) is 12.7 Å². The Morgan fingerprint density at radius 1 is 1.29 bits per heavy atom. The fourth-order valence-electron chi connectivity index (χ4n) is 2.30. The van der Waals surface area contributed by atoms with Crippen molar-refractivity contribution in [2.45, 2.75) is 45.3 Å². The minimum atomic E-state index is 0.393. The van der Waals surface area contributed by atoms with Crippen LogP contribution in [0.3, 0.4) is 0 Å². The van der Waals surface area contributed by atoms with Crippen molar-refractivity contribution in [3.8, 4) is 0 Å². The van der Waals surface area contributed by atoms with Gasteiger partial charge in [0.15, 0.2) is 0 Å². The molecule has 0 aromatic heterocycles. The lowest BCUT2D eigenvalue weighted by atomic mass is 9.89. The molecule has 0 aliphatic heterocycles. The van der Waals surface area contributed by atoms with Gasteiger partial charge in [-0.2, -0.15) is 0 Å². The first-order valence-corrected chi connectivity index (χ1v) is 6.68. The van der Waals surface area contributed by atoms with Crippen LogP contribution in [0.2, 0.25) is 5.02 Å². The van der Waals surface area contributed by atoms with Crippen LogP contribution in [-0.4, -0.2) is 6.10 Å². The number of ether oxygens (including phenoxy) is 1. The maximum Gasteiger partial charge on any atom is 0.0741 e. The minimum absolute atomic E-state index is 0.393. The minimum Gasteiger partial charge on any atom is -0.398 e. The van der Waals surface area contributed by atoms with Gasteiger partial charge in [-0.3, -0.25) is 0 Å². The van der Waals surface area contributed by atoms with Crippen LogP contribution in [0.15, 0.2) is 18.2 Å². The molecule has 0 spiro atoms. The van der Waals surface area contributed by atoms with Crippen LogP contribution >= 0.6 is 11.6 Å². The molecule has 1 aromatic carbocycles. The van der Waals surface area contributed by atoms with Gasteiger partial charge in [-0.15, -0.1) is 0 Å². The third kappa shape index (κ3) is 3.62. The molecule has 1 aliphatic rings. The van der Waals surface area contributed by atoms with Crippen LogP contribution < -0.4 is 5.73 Å². The number of hydrogen-bond donors (Lipinski definition) is 1. The smallest absolute Gasteiger partial charge is 0.0741 e. The summed E-state index contributed by atoms with van der Waals surface area (Å²) in [5, 5.41) is 0.718. The maximum atomic E-state index is 5.95. The number of halogens is 1. The molecule has 0 bridgehead atoms. The second-order valence-electron chi connectivity index (χ2n) is 5.04. The quantitative estimate of drug-likeness (QED) is 0.826. The van der Waals surface area contributed by atoms with E-state index in [1.807, 2.05) is 18.2 Å². The molecule has 0 unspecified atom stereocenters. The second kappa shape index (κ2) is 5.74. The zero-order chi connectivity index (χ0) is 12.3. The number of nitrogen functional groups attached to an aromatic ring is 1. The van der Waals surface area contributed by atoms with Crippen LogP contribution in [0, 0.1) is 5.92 Å². The van der Waals surface area contributed by atoms with Gasteiger partial charge in [-0.05, 0) is 49.8 Å². The van der Waals surface area contributed by atoms with E-state index in [1.165, 1.54) is 25.7 Å². The highest BCUT2D eigenvalue weighted by molar-refractivity contribution is 6.30. The molecular weight excluding hydrogens is 234 g/mol. The topological polar surface area (TPSA) is 35.2 Å². The van der Waals surface area contributed by atoms with Gasteiger partial charge in [0.25, 0.3) is 0 Å². The third-order valence-electron chi connectivity index (χ3n) is 3.54. The monoisotopic (exact) mass is 253 g/mol. The maximum absolute atomic E-state index is 5.95. The summed E-state index contributed by atoms with van der Waals surface area (Å²) in [7, 11) is 0. The van der Waals surface area contributed by atoms with E-state index >= 15 is 0 Å². The van der Waals surface area contributed by atoms with E-state index in [4.69, 9.17) is 22.1 Å². The normalized spacial score (nSPS) is 24.8. The molecule has 94 valence electrons. The molecule has 2 rings (SSSR count). The molecule has 1 aliphatic carbocycles. The van der Waals surface area contributed by atoms with E-state index in [0.717, 1.165) is 22.2 Å². The Labute approximate surface area is 108 Å². The van der Waals surface area contributed by atoms with Gasteiger partial charge < -0.3 is 10.5 Å². The fourth-order valence-corrected chi connectivity index (χ4v) is 2.50. The molecule has 0 saturated heterocycles. The molecular formula is C14H20ClNO. The van der Waals surface area contributed by atoms with Crippen LogP contribution in [-0.2, 0) is 11.3 Å². The lowest BCUT2D eigenvalue weighted by Gasteiger charge is -2.26. The first kappa shape index (κ1) is 12.7. The van der Waals surface area contributed by atoms with E-state index in [2.05, 4.69) is 6.92 Å². The molecule has 2 nitrogen and oxygen atoms in total. The molecule has 17 heavy (non-hydrogen) atoms. The number of benzene rings is 1. The lowest BCUT2D eigenvalue weighted by molar-refractivity contribution is 0.00903. The highest BCUT2D eigenvalue weighted by Crippen LogP contribution is 2.27. The Kier molecular flexibility index (Phi) is 4.30. The summed E-state index contributed by atoms with van der Waals surface area (Å²) < 4.78 is 5.91. The molecule has 1 aromatic rings. The molecule has 0 amide bonds.